The first kappa shape index (κ1) is 17.1. The average molecular weight is 377 g/mol. The Kier molecular flexibility index (Phi) is 5.42. The second kappa shape index (κ2) is 7.91. The van der Waals surface area contributed by atoms with Crippen LogP contribution < -0.4 is 10.9 Å². The van der Waals surface area contributed by atoms with Gasteiger partial charge in [-0.3, -0.25) is 25.0 Å². The number of halogens is 1. The molecule has 1 aromatic carbocycles. The molecule has 2 heterocycles. The highest BCUT2D eigenvalue weighted by atomic mass is 35.5. The molecule has 0 bridgehead atoms. The first-order valence-electron chi connectivity index (χ1n) is 7.18. The summed E-state index contributed by atoms with van der Waals surface area (Å²) < 4.78 is 6.77. The van der Waals surface area contributed by atoms with E-state index in [1.165, 1.54) is 24.1 Å². The number of imidazole rings is 1. The standard InChI is InChI=1S/C16H13ClN4O3S/c17-11-3-5-12(6-4-11)21-8-7-18-16(21)25-10-14(22)19-20-15(23)13-2-1-9-24-13/h1-9H,10H2,(H,19,22)(H,20,23). The summed E-state index contributed by atoms with van der Waals surface area (Å²) in [5.41, 5.74) is 5.49. The van der Waals surface area contributed by atoms with Gasteiger partial charge >= 0.3 is 5.91 Å². The molecule has 9 heteroatoms. The maximum atomic E-state index is 11.9. The number of amides is 2. The van der Waals surface area contributed by atoms with Gasteiger partial charge in [-0.1, -0.05) is 23.4 Å². The lowest BCUT2D eigenvalue weighted by molar-refractivity contribution is -0.119. The Morgan fingerprint density at radius 1 is 1.20 bits per heavy atom. The molecular weight excluding hydrogens is 364 g/mol. The van der Waals surface area contributed by atoms with Crippen LogP contribution in [0.25, 0.3) is 5.69 Å². The maximum Gasteiger partial charge on any atom is 0.305 e. The molecule has 0 aliphatic rings. The monoisotopic (exact) mass is 376 g/mol. The van der Waals surface area contributed by atoms with Crippen LogP contribution in [0.15, 0.2) is 64.6 Å². The summed E-state index contributed by atoms with van der Waals surface area (Å²) >= 11 is 7.13. The summed E-state index contributed by atoms with van der Waals surface area (Å²) in [6.07, 6.45) is 4.82. The minimum Gasteiger partial charge on any atom is -0.459 e. The smallest absolute Gasteiger partial charge is 0.305 e. The summed E-state index contributed by atoms with van der Waals surface area (Å²) in [6.45, 7) is 0. The highest BCUT2D eigenvalue weighted by molar-refractivity contribution is 7.99. The number of carbonyl (C=O) groups is 2. The second-order valence-electron chi connectivity index (χ2n) is 4.82. The zero-order valence-corrected chi connectivity index (χ0v) is 14.4. The third-order valence-corrected chi connectivity index (χ3v) is 4.32. The van der Waals surface area contributed by atoms with Gasteiger partial charge in [0, 0.05) is 23.1 Å². The minimum atomic E-state index is -0.522. The van der Waals surface area contributed by atoms with E-state index in [4.69, 9.17) is 16.0 Å². The fourth-order valence-corrected chi connectivity index (χ4v) is 2.86. The van der Waals surface area contributed by atoms with Crippen molar-refractivity contribution in [1.29, 1.82) is 0 Å². The number of nitrogens with zero attached hydrogens (tertiary/aromatic N) is 2. The number of hydrazine groups is 1. The van der Waals surface area contributed by atoms with Crippen molar-refractivity contribution in [2.24, 2.45) is 0 Å². The van der Waals surface area contributed by atoms with Crippen LogP contribution in [-0.4, -0.2) is 27.1 Å². The SMILES string of the molecule is O=C(CSc1nccn1-c1ccc(Cl)cc1)NNC(=O)c1ccco1. The molecule has 2 amide bonds. The Hall–Kier alpha value is -2.71. The molecule has 2 aromatic heterocycles. The van der Waals surface area contributed by atoms with E-state index in [0.29, 0.717) is 10.2 Å². The predicted octanol–water partition coefficient (Wildman–Crippen LogP) is 2.67. The molecule has 2 N–H and O–H groups in total. The van der Waals surface area contributed by atoms with Crippen molar-refractivity contribution in [2.45, 2.75) is 5.16 Å². The molecule has 3 rings (SSSR count). The number of nitrogens with one attached hydrogen (secondary N) is 2. The third kappa shape index (κ3) is 4.43. The molecule has 0 atom stereocenters. The van der Waals surface area contributed by atoms with Gasteiger partial charge in [0.1, 0.15) is 0 Å². The fraction of sp³-hybridized carbons (Fsp3) is 0.0625. The quantitative estimate of drug-likeness (QED) is 0.528. The van der Waals surface area contributed by atoms with E-state index in [0.717, 1.165) is 5.69 Å². The molecule has 7 nitrogen and oxygen atoms in total. The van der Waals surface area contributed by atoms with Crippen molar-refractivity contribution in [3.63, 3.8) is 0 Å². The molecule has 0 spiro atoms. The van der Waals surface area contributed by atoms with Crippen molar-refractivity contribution >= 4 is 35.2 Å². The lowest BCUT2D eigenvalue weighted by Crippen LogP contribution is -2.42. The van der Waals surface area contributed by atoms with E-state index in [9.17, 15) is 9.59 Å². The number of carbonyl (C=O) groups excluding carboxylic acids is 2. The predicted molar refractivity (Wildman–Crippen MR) is 93.6 cm³/mol. The first-order valence-corrected chi connectivity index (χ1v) is 8.54. The minimum absolute atomic E-state index is 0.0863. The van der Waals surface area contributed by atoms with Crippen LogP contribution >= 0.6 is 23.4 Å². The van der Waals surface area contributed by atoms with Crippen molar-refractivity contribution in [3.8, 4) is 5.69 Å². The Morgan fingerprint density at radius 2 is 2.00 bits per heavy atom. The summed E-state index contributed by atoms with van der Waals surface area (Å²) in [6, 6.07) is 10.4. The van der Waals surface area contributed by atoms with E-state index < -0.39 is 5.91 Å². The molecule has 0 saturated carbocycles. The van der Waals surface area contributed by atoms with Gasteiger partial charge in [0.2, 0.25) is 5.91 Å². The van der Waals surface area contributed by atoms with Crippen molar-refractivity contribution in [3.05, 3.63) is 65.8 Å². The van der Waals surface area contributed by atoms with Gasteiger partial charge in [0.15, 0.2) is 10.9 Å². The van der Waals surface area contributed by atoms with Gasteiger partial charge in [-0.25, -0.2) is 4.98 Å². The Labute approximate surface area is 152 Å². The van der Waals surface area contributed by atoms with Gasteiger partial charge in [-0.15, -0.1) is 0 Å². The summed E-state index contributed by atoms with van der Waals surface area (Å²) in [7, 11) is 0. The molecular formula is C16H13ClN4O3S. The molecule has 25 heavy (non-hydrogen) atoms. The van der Waals surface area contributed by atoms with Gasteiger partial charge in [-0.2, -0.15) is 0 Å². The average Bonchev–Trinajstić information content (AvgIpc) is 3.30. The number of rotatable bonds is 5. The Bertz CT molecular complexity index is 862. The van der Waals surface area contributed by atoms with E-state index in [2.05, 4.69) is 15.8 Å². The zero-order valence-electron chi connectivity index (χ0n) is 12.8. The molecule has 3 aromatic rings. The van der Waals surface area contributed by atoms with Crippen LogP contribution in [0.2, 0.25) is 5.02 Å². The lowest BCUT2D eigenvalue weighted by atomic mass is 10.3. The number of hydrogen-bond acceptors (Lipinski definition) is 5. The molecule has 0 fully saturated rings. The number of furan rings is 1. The molecule has 0 aliphatic heterocycles. The summed E-state index contributed by atoms with van der Waals surface area (Å²) in [5, 5.41) is 1.29. The fourth-order valence-electron chi connectivity index (χ4n) is 1.96. The zero-order chi connectivity index (χ0) is 17.6. The molecule has 128 valence electrons. The lowest BCUT2D eigenvalue weighted by Gasteiger charge is -2.08. The summed E-state index contributed by atoms with van der Waals surface area (Å²) in [4.78, 5) is 27.8. The number of hydrogen-bond donors (Lipinski definition) is 2. The van der Waals surface area contributed by atoms with Gasteiger partial charge in [0.25, 0.3) is 0 Å². The number of benzene rings is 1. The van der Waals surface area contributed by atoms with Crippen LogP contribution in [0, 0.1) is 0 Å². The second-order valence-corrected chi connectivity index (χ2v) is 6.20. The number of thioether (sulfide) groups is 1. The van der Waals surface area contributed by atoms with E-state index >= 15 is 0 Å². The van der Waals surface area contributed by atoms with E-state index in [1.807, 2.05) is 16.7 Å². The normalized spacial score (nSPS) is 10.4. The van der Waals surface area contributed by atoms with E-state index in [1.54, 1.807) is 30.6 Å². The number of aromatic nitrogens is 2. The van der Waals surface area contributed by atoms with Gasteiger partial charge in [-0.05, 0) is 36.4 Å². The largest absolute Gasteiger partial charge is 0.459 e. The van der Waals surface area contributed by atoms with Crippen molar-refractivity contribution < 1.29 is 14.0 Å². The van der Waals surface area contributed by atoms with Crippen LogP contribution in [0.1, 0.15) is 10.6 Å². The highest BCUT2D eigenvalue weighted by Crippen LogP contribution is 2.21. The Morgan fingerprint density at radius 3 is 2.72 bits per heavy atom. The van der Waals surface area contributed by atoms with Crippen molar-refractivity contribution in [1.82, 2.24) is 20.4 Å². The van der Waals surface area contributed by atoms with Gasteiger partial charge in [0.05, 0.1) is 12.0 Å². The Balaban J connectivity index is 1.54. The van der Waals surface area contributed by atoms with Crippen molar-refractivity contribution in [2.75, 3.05) is 5.75 Å². The van der Waals surface area contributed by atoms with Gasteiger partial charge < -0.3 is 4.42 Å². The topological polar surface area (TPSA) is 89.2 Å². The molecule has 0 radical (unpaired) electrons. The molecule has 0 saturated heterocycles. The third-order valence-electron chi connectivity index (χ3n) is 3.10. The van der Waals surface area contributed by atoms with Crippen LogP contribution in [0.5, 0.6) is 0 Å². The molecule has 0 unspecified atom stereocenters. The van der Waals surface area contributed by atoms with Crippen LogP contribution in [0.4, 0.5) is 0 Å². The maximum absolute atomic E-state index is 11.9. The van der Waals surface area contributed by atoms with E-state index in [-0.39, 0.29) is 17.4 Å². The van der Waals surface area contributed by atoms with Crippen LogP contribution in [0.3, 0.4) is 0 Å². The van der Waals surface area contributed by atoms with Crippen LogP contribution in [-0.2, 0) is 4.79 Å². The first-order chi connectivity index (χ1) is 12.1. The molecule has 0 aliphatic carbocycles. The highest BCUT2D eigenvalue weighted by Gasteiger charge is 2.12. The summed E-state index contributed by atoms with van der Waals surface area (Å²) in [5.74, 6) is -0.684.